The molecule has 2 heterocycles. The summed E-state index contributed by atoms with van der Waals surface area (Å²) in [5.41, 5.74) is 6.65. The van der Waals surface area contributed by atoms with Crippen LogP contribution in [0.15, 0.2) is 0 Å². The van der Waals surface area contributed by atoms with Crippen LogP contribution in [-0.2, 0) is 4.74 Å². The third kappa shape index (κ3) is 4.47. The molecule has 0 spiro atoms. The van der Waals surface area contributed by atoms with Crippen molar-refractivity contribution in [1.82, 2.24) is 9.97 Å². The van der Waals surface area contributed by atoms with Gasteiger partial charge in [-0.2, -0.15) is 4.98 Å². The highest BCUT2D eigenvalue weighted by molar-refractivity contribution is 5.67. The van der Waals surface area contributed by atoms with E-state index in [0.717, 1.165) is 38.8 Å². The lowest BCUT2D eigenvalue weighted by molar-refractivity contribution is 0.104. The second kappa shape index (κ2) is 8.78. The van der Waals surface area contributed by atoms with Crippen molar-refractivity contribution < 1.29 is 9.47 Å². The maximum absolute atomic E-state index is 6.15. The molecule has 3 N–H and O–H groups in total. The Hall–Kier alpha value is -1.56. The summed E-state index contributed by atoms with van der Waals surface area (Å²) in [5, 5.41) is 3.32. The van der Waals surface area contributed by atoms with E-state index in [4.69, 9.17) is 15.2 Å². The maximum Gasteiger partial charge on any atom is 0.242 e. The zero-order valence-electron chi connectivity index (χ0n) is 13.7. The average Bonchev–Trinajstić information content (AvgIpc) is 3.06. The number of hydrogen-bond acceptors (Lipinski definition) is 6. The molecule has 1 saturated heterocycles. The van der Waals surface area contributed by atoms with Crippen LogP contribution in [0.2, 0.25) is 0 Å². The number of aromatic nitrogens is 2. The summed E-state index contributed by atoms with van der Waals surface area (Å²) in [4.78, 5) is 9.04. The number of anilines is 2. The Morgan fingerprint density at radius 3 is 2.82 bits per heavy atom. The van der Waals surface area contributed by atoms with Gasteiger partial charge < -0.3 is 20.5 Å². The van der Waals surface area contributed by atoms with Gasteiger partial charge in [-0.3, -0.25) is 0 Å². The van der Waals surface area contributed by atoms with Gasteiger partial charge in [-0.15, -0.1) is 0 Å². The second-order valence-electron chi connectivity index (χ2n) is 5.63. The van der Waals surface area contributed by atoms with E-state index in [1.807, 2.05) is 0 Å². The van der Waals surface area contributed by atoms with E-state index in [1.54, 1.807) is 0 Å². The van der Waals surface area contributed by atoms with Crippen molar-refractivity contribution in [2.45, 2.75) is 58.5 Å². The molecule has 1 atom stereocenters. The summed E-state index contributed by atoms with van der Waals surface area (Å²) in [6, 6.07) is 0. The highest BCUT2D eigenvalue weighted by Crippen LogP contribution is 2.32. The lowest BCUT2D eigenvalue weighted by Gasteiger charge is -2.16. The fourth-order valence-electron chi connectivity index (χ4n) is 2.42. The van der Waals surface area contributed by atoms with Gasteiger partial charge >= 0.3 is 0 Å². The van der Waals surface area contributed by atoms with Gasteiger partial charge in [0.25, 0.3) is 0 Å². The van der Waals surface area contributed by atoms with Crippen molar-refractivity contribution in [3.63, 3.8) is 0 Å². The van der Waals surface area contributed by atoms with E-state index in [9.17, 15) is 0 Å². The Kier molecular flexibility index (Phi) is 6.71. The van der Waals surface area contributed by atoms with Crippen molar-refractivity contribution in [2.24, 2.45) is 0 Å². The van der Waals surface area contributed by atoms with Crippen LogP contribution >= 0.6 is 0 Å². The summed E-state index contributed by atoms with van der Waals surface area (Å²) in [5.74, 6) is 1.82. The van der Waals surface area contributed by atoms with E-state index in [2.05, 4.69) is 29.1 Å². The molecule has 0 amide bonds. The molecule has 0 radical (unpaired) electrons. The molecule has 1 aliphatic rings. The predicted molar refractivity (Wildman–Crippen MR) is 88.2 cm³/mol. The molecule has 0 bridgehead atoms. The number of unbranched alkanes of at least 4 members (excludes halogenated alkanes) is 2. The van der Waals surface area contributed by atoms with E-state index in [0.29, 0.717) is 29.8 Å². The van der Waals surface area contributed by atoms with Crippen molar-refractivity contribution in [1.29, 1.82) is 0 Å². The van der Waals surface area contributed by atoms with Gasteiger partial charge in [0.2, 0.25) is 5.88 Å². The summed E-state index contributed by atoms with van der Waals surface area (Å²) < 4.78 is 11.4. The van der Waals surface area contributed by atoms with E-state index in [-0.39, 0.29) is 6.10 Å². The molecule has 22 heavy (non-hydrogen) atoms. The van der Waals surface area contributed by atoms with Crippen LogP contribution in [0.25, 0.3) is 0 Å². The van der Waals surface area contributed by atoms with E-state index < -0.39 is 0 Å². The number of hydrogen-bond donors (Lipinski definition) is 2. The Morgan fingerprint density at radius 2 is 2.14 bits per heavy atom. The summed E-state index contributed by atoms with van der Waals surface area (Å²) in [6.07, 6.45) is 6.34. The van der Waals surface area contributed by atoms with Crippen LogP contribution in [0.5, 0.6) is 5.88 Å². The van der Waals surface area contributed by atoms with Crippen molar-refractivity contribution in [2.75, 3.05) is 30.8 Å². The fourth-order valence-corrected chi connectivity index (χ4v) is 2.42. The predicted octanol–water partition coefficient (Wildman–Crippen LogP) is 3.30. The minimum Gasteiger partial charge on any atom is -0.476 e. The second-order valence-corrected chi connectivity index (χ2v) is 5.63. The third-order valence-corrected chi connectivity index (χ3v) is 3.66. The van der Waals surface area contributed by atoms with Gasteiger partial charge in [0.1, 0.15) is 11.8 Å². The standard InChI is InChI=1S/C16H28N4O2/c1-3-5-6-9-18-15-13(17)16(22-10-4-2)20-14(19-15)12-8-7-11-21-12/h12H,3-11,17H2,1-2H3,(H,18,19,20). The number of ether oxygens (including phenoxy) is 2. The molecular weight excluding hydrogens is 280 g/mol. The lowest BCUT2D eigenvalue weighted by atomic mass is 10.2. The molecule has 1 aliphatic heterocycles. The first-order valence-corrected chi connectivity index (χ1v) is 8.41. The van der Waals surface area contributed by atoms with Gasteiger partial charge in [-0.05, 0) is 25.7 Å². The molecule has 2 rings (SSSR count). The largest absolute Gasteiger partial charge is 0.476 e. The van der Waals surface area contributed by atoms with Gasteiger partial charge in [-0.1, -0.05) is 26.7 Å². The third-order valence-electron chi connectivity index (χ3n) is 3.66. The zero-order valence-corrected chi connectivity index (χ0v) is 13.7. The van der Waals surface area contributed by atoms with Gasteiger partial charge in [0.05, 0.1) is 6.61 Å². The van der Waals surface area contributed by atoms with E-state index in [1.165, 1.54) is 12.8 Å². The topological polar surface area (TPSA) is 82.3 Å². The molecule has 1 aromatic heterocycles. The molecule has 0 saturated carbocycles. The van der Waals surface area contributed by atoms with Crippen LogP contribution in [0.4, 0.5) is 11.5 Å². The summed E-state index contributed by atoms with van der Waals surface area (Å²) in [6.45, 7) is 6.46. The summed E-state index contributed by atoms with van der Waals surface area (Å²) in [7, 11) is 0. The Labute approximate surface area is 132 Å². The highest BCUT2D eigenvalue weighted by Gasteiger charge is 2.23. The molecule has 1 aromatic rings. The van der Waals surface area contributed by atoms with Crippen LogP contribution in [0.3, 0.4) is 0 Å². The molecule has 1 fully saturated rings. The Balaban J connectivity index is 2.15. The SMILES string of the molecule is CCCCCNc1nc(C2CCCO2)nc(OCCC)c1N. The molecule has 6 nitrogen and oxygen atoms in total. The van der Waals surface area contributed by atoms with Crippen molar-refractivity contribution >= 4 is 11.5 Å². The molecule has 124 valence electrons. The van der Waals surface area contributed by atoms with E-state index >= 15 is 0 Å². The first kappa shape index (κ1) is 16.8. The molecule has 0 aromatic carbocycles. The minimum atomic E-state index is -0.0410. The number of rotatable bonds is 9. The molecule has 6 heteroatoms. The molecule has 1 unspecified atom stereocenters. The number of nitrogens with one attached hydrogen (secondary N) is 1. The van der Waals surface area contributed by atoms with Crippen molar-refractivity contribution in [3.05, 3.63) is 5.82 Å². The number of nitrogen functional groups attached to an aromatic ring is 1. The monoisotopic (exact) mass is 308 g/mol. The molecule has 0 aliphatic carbocycles. The Morgan fingerprint density at radius 1 is 1.27 bits per heavy atom. The first-order valence-electron chi connectivity index (χ1n) is 8.41. The number of nitrogens with two attached hydrogens (primary N) is 1. The zero-order chi connectivity index (χ0) is 15.8. The smallest absolute Gasteiger partial charge is 0.242 e. The highest BCUT2D eigenvalue weighted by atomic mass is 16.5. The van der Waals surface area contributed by atoms with Gasteiger partial charge in [-0.25, -0.2) is 4.98 Å². The average molecular weight is 308 g/mol. The van der Waals surface area contributed by atoms with Gasteiger partial charge in [0, 0.05) is 13.2 Å². The van der Waals surface area contributed by atoms with Crippen LogP contribution in [-0.4, -0.2) is 29.7 Å². The number of nitrogens with zero attached hydrogens (tertiary/aromatic N) is 2. The van der Waals surface area contributed by atoms with Crippen LogP contribution < -0.4 is 15.8 Å². The van der Waals surface area contributed by atoms with Crippen LogP contribution in [0.1, 0.15) is 64.3 Å². The Bertz CT molecular complexity index is 462. The lowest BCUT2D eigenvalue weighted by Crippen LogP contribution is -2.13. The quantitative estimate of drug-likeness (QED) is 0.681. The normalized spacial score (nSPS) is 17.6. The molecular formula is C16H28N4O2. The minimum absolute atomic E-state index is 0.0410. The first-order chi connectivity index (χ1) is 10.8. The van der Waals surface area contributed by atoms with Crippen molar-refractivity contribution in [3.8, 4) is 5.88 Å². The fraction of sp³-hybridized carbons (Fsp3) is 0.750. The van der Waals surface area contributed by atoms with Crippen LogP contribution in [0, 0.1) is 0 Å². The van der Waals surface area contributed by atoms with Gasteiger partial charge in [0.15, 0.2) is 11.6 Å². The summed E-state index contributed by atoms with van der Waals surface area (Å²) >= 11 is 0. The maximum atomic E-state index is 6.15.